The summed E-state index contributed by atoms with van der Waals surface area (Å²) in [6.45, 7) is 0.758. The van der Waals surface area contributed by atoms with Gasteiger partial charge < -0.3 is 9.84 Å². The smallest absolute Gasteiger partial charge is 0.450 e. The Balaban J connectivity index is 3.24. The molecule has 1 unspecified atom stereocenters. The molecule has 1 atom stereocenters. The van der Waals surface area contributed by atoms with Crippen LogP contribution in [0.4, 0.5) is 4.79 Å². The largest absolute Gasteiger partial charge is 0.505 e. The summed E-state index contributed by atoms with van der Waals surface area (Å²) in [4.78, 5) is 9.63. The van der Waals surface area contributed by atoms with Crippen LogP contribution in [-0.2, 0) is 4.74 Å². The number of rotatable bonds is 2. The van der Waals surface area contributed by atoms with E-state index >= 15 is 0 Å². The van der Waals surface area contributed by atoms with Crippen LogP contribution < -0.4 is 0 Å². The normalized spacial score (nSPS) is 14.7. The molecular formula is C4H8O3. The van der Waals surface area contributed by atoms with E-state index in [0.29, 0.717) is 6.42 Å². The van der Waals surface area contributed by atoms with Crippen molar-refractivity contribution in [1.82, 2.24) is 0 Å². The van der Waals surface area contributed by atoms with Crippen molar-refractivity contribution in [2.75, 3.05) is 6.58 Å². The fourth-order valence-electron chi connectivity index (χ4n) is 0.155. The van der Waals surface area contributed by atoms with E-state index in [1.807, 2.05) is 0 Å². The van der Waals surface area contributed by atoms with Gasteiger partial charge in [0.15, 0.2) is 0 Å². The average molecular weight is 105 g/mol. The predicted molar refractivity (Wildman–Crippen MR) is 24.3 cm³/mol. The topological polar surface area (TPSA) is 46.5 Å². The molecule has 0 aliphatic rings. The molecule has 0 heterocycles. The highest BCUT2D eigenvalue weighted by atomic mass is 16.7. The Morgan fingerprint density at radius 3 is 2.86 bits per heavy atom. The van der Waals surface area contributed by atoms with Gasteiger partial charge in [-0.1, -0.05) is 6.92 Å². The molecule has 0 rings (SSSR count). The first-order chi connectivity index (χ1) is 3.66. The summed E-state index contributed by atoms with van der Waals surface area (Å²) in [5.74, 6) is 0. The van der Waals surface area contributed by atoms with Crippen molar-refractivity contribution in [3.05, 3.63) is 0 Å². The van der Waals surface area contributed by atoms with Gasteiger partial charge in [-0.25, -0.2) is 4.79 Å². The average Bonchev–Trinajstić information content (AvgIpc) is 1.65. The van der Waals surface area contributed by atoms with Crippen LogP contribution in [0.3, 0.4) is 0 Å². The van der Waals surface area contributed by atoms with E-state index in [0.717, 1.165) is 0 Å². The molecule has 3 nitrogen and oxygen atoms in total. The summed E-state index contributed by atoms with van der Waals surface area (Å²) < 4.78 is 10.7. The number of carboxylic acid groups (broad SMARTS) is 1. The summed E-state index contributed by atoms with van der Waals surface area (Å²) in [5.41, 5.74) is 0. The van der Waals surface area contributed by atoms with E-state index in [9.17, 15) is 4.79 Å². The van der Waals surface area contributed by atoms with Crippen LogP contribution in [0.15, 0.2) is 0 Å². The molecule has 0 spiro atoms. The van der Waals surface area contributed by atoms with Gasteiger partial charge in [0.25, 0.3) is 0 Å². The Kier molecular flexibility index (Phi) is 2.19. The van der Waals surface area contributed by atoms with Crippen molar-refractivity contribution in [2.24, 2.45) is 0 Å². The second-order valence-electron chi connectivity index (χ2n) is 0.959. The Morgan fingerprint density at radius 2 is 2.71 bits per heavy atom. The van der Waals surface area contributed by atoms with E-state index in [1.165, 1.54) is 0 Å². The molecule has 0 aliphatic carbocycles. The quantitative estimate of drug-likeness (QED) is 0.534. The van der Waals surface area contributed by atoms with Crippen LogP contribution >= 0.6 is 0 Å². The molecule has 3 heteroatoms. The van der Waals surface area contributed by atoms with E-state index in [2.05, 4.69) is 4.74 Å². The second-order valence-corrected chi connectivity index (χ2v) is 0.959. The van der Waals surface area contributed by atoms with Gasteiger partial charge in [0, 0.05) is 0 Å². The monoisotopic (exact) mass is 105 g/mol. The van der Waals surface area contributed by atoms with Gasteiger partial charge in [-0.15, -0.1) is 0 Å². The molecule has 0 aromatic rings. The van der Waals surface area contributed by atoms with Crippen LogP contribution in [0.1, 0.15) is 14.7 Å². The van der Waals surface area contributed by atoms with Gasteiger partial charge in [-0.2, -0.15) is 0 Å². The molecule has 42 valence electrons. The Labute approximate surface area is 43.3 Å². The summed E-state index contributed by atoms with van der Waals surface area (Å²) in [7, 11) is 0. The lowest BCUT2D eigenvalue weighted by atomic mass is 10.5. The van der Waals surface area contributed by atoms with Gasteiger partial charge in [-0.05, 0) is 6.42 Å². The molecule has 0 bridgehead atoms. The zero-order valence-corrected chi connectivity index (χ0v) is 4.05. The molecule has 0 amide bonds. The van der Waals surface area contributed by atoms with Crippen LogP contribution in [0.2, 0.25) is 0 Å². The van der Waals surface area contributed by atoms with Crippen LogP contribution in [0.25, 0.3) is 0 Å². The molecule has 0 aliphatic heterocycles. The first-order valence-corrected chi connectivity index (χ1v) is 1.98. The molecule has 0 saturated heterocycles. The van der Waals surface area contributed by atoms with E-state index < -0.39 is 12.7 Å². The van der Waals surface area contributed by atoms with Crippen molar-refractivity contribution < 1.29 is 16.0 Å². The third-order valence-corrected chi connectivity index (χ3v) is 0.351. The number of hydrogen-bond acceptors (Lipinski definition) is 2. The van der Waals surface area contributed by atoms with Crippen molar-refractivity contribution in [1.29, 1.82) is 0 Å². The van der Waals surface area contributed by atoms with Crippen LogP contribution in [-0.4, -0.2) is 17.8 Å². The standard InChI is InChI=1S/C4H8O3/c1-2-3-7-4(5)6/h2-3H2,1H3,(H,5,6)/i3D. The van der Waals surface area contributed by atoms with Gasteiger partial charge in [0.1, 0.15) is 0 Å². The first kappa shape index (κ1) is 4.43. The first-order valence-electron chi connectivity index (χ1n) is 2.56. The zero-order valence-electron chi connectivity index (χ0n) is 5.05. The van der Waals surface area contributed by atoms with Gasteiger partial charge in [0.05, 0.1) is 7.95 Å². The molecular weight excluding hydrogens is 96.0 g/mol. The number of hydrogen-bond donors (Lipinski definition) is 1. The van der Waals surface area contributed by atoms with Crippen molar-refractivity contribution in [3.63, 3.8) is 0 Å². The molecule has 0 radical (unpaired) electrons. The van der Waals surface area contributed by atoms with E-state index in [4.69, 9.17) is 6.48 Å². The Bertz CT molecular complexity index is 83.4. The number of carbonyl (C=O) groups is 1. The highest BCUT2D eigenvalue weighted by molar-refractivity contribution is 5.56. The third-order valence-electron chi connectivity index (χ3n) is 0.351. The molecule has 0 aromatic heterocycles. The maximum absolute atomic E-state index is 9.63. The van der Waals surface area contributed by atoms with Crippen molar-refractivity contribution in [2.45, 2.75) is 13.3 Å². The SMILES string of the molecule is [2H]C(CC)OC(=O)O. The predicted octanol–water partition coefficient (Wildman–Crippen LogP) is 1.09. The van der Waals surface area contributed by atoms with Gasteiger partial charge >= 0.3 is 6.16 Å². The minimum absolute atomic E-state index is 0.395. The van der Waals surface area contributed by atoms with E-state index in [-0.39, 0.29) is 0 Å². The molecule has 0 aromatic carbocycles. The summed E-state index contributed by atoms with van der Waals surface area (Å²) >= 11 is 0. The molecule has 0 fully saturated rings. The highest BCUT2D eigenvalue weighted by Crippen LogP contribution is 1.78. The lowest BCUT2D eigenvalue weighted by Crippen LogP contribution is -1.99. The van der Waals surface area contributed by atoms with Crippen LogP contribution in [0.5, 0.6) is 0 Å². The minimum Gasteiger partial charge on any atom is -0.450 e. The third kappa shape index (κ3) is 5.27. The fourth-order valence-corrected chi connectivity index (χ4v) is 0.155. The minimum atomic E-state index is -1.38. The molecule has 0 saturated carbocycles. The summed E-state index contributed by atoms with van der Waals surface area (Å²) in [6, 6.07) is 0. The van der Waals surface area contributed by atoms with Gasteiger partial charge in [0.2, 0.25) is 0 Å². The summed E-state index contributed by atoms with van der Waals surface area (Å²) in [6.07, 6.45) is -0.987. The summed E-state index contributed by atoms with van der Waals surface area (Å²) in [5, 5.41) is 7.87. The maximum Gasteiger partial charge on any atom is 0.505 e. The Morgan fingerprint density at radius 1 is 2.14 bits per heavy atom. The van der Waals surface area contributed by atoms with Crippen LogP contribution in [0, 0.1) is 0 Å². The van der Waals surface area contributed by atoms with Gasteiger partial charge in [-0.3, -0.25) is 0 Å². The second kappa shape index (κ2) is 3.46. The molecule has 1 N–H and O–H groups in total. The maximum atomic E-state index is 9.63. The van der Waals surface area contributed by atoms with Crippen molar-refractivity contribution in [3.8, 4) is 0 Å². The van der Waals surface area contributed by atoms with E-state index in [1.54, 1.807) is 6.92 Å². The highest BCUT2D eigenvalue weighted by Gasteiger charge is 1.89. The zero-order chi connectivity index (χ0) is 6.57. The van der Waals surface area contributed by atoms with Crippen molar-refractivity contribution >= 4 is 6.16 Å². The lowest BCUT2D eigenvalue weighted by Gasteiger charge is -1.91. The fraction of sp³-hybridized carbons (Fsp3) is 0.750. The molecule has 7 heavy (non-hydrogen) atoms. The Hall–Kier alpha value is -0.730. The number of ether oxygens (including phenoxy) is 1. The lowest BCUT2D eigenvalue weighted by molar-refractivity contribution is 0.0918.